The minimum absolute atomic E-state index is 0.0124. The molecule has 0 amide bonds. The van der Waals surface area contributed by atoms with Crippen molar-refractivity contribution in [3.05, 3.63) is 84.4 Å². The van der Waals surface area contributed by atoms with Crippen LogP contribution in [0.2, 0.25) is 0 Å². The van der Waals surface area contributed by atoms with Gasteiger partial charge in [-0.3, -0.25) is 9.52 Å². The second-order valence-electron chi connectivity index (χ2n) is 12.0. The topological polar surface area (TPSA) is 122 Å². The van der Waals surface area contributed by atoms with E-state index in [9.17, 15) is 31.5 Å². The fourth-order valence-corrected chi connectivity index (χ4v) is 6.46. The smallest absolute Gasteiger partial charge is 0.481 e. The number of carboxylic acid groups (broad SMARTS) is 1. The molecule has 2 aromatic carbocycles. The number of carboxylic acids is 1. The van der Waals surface area contributed by atoms with Gasteiger partial charge in [-0.2, -0.15) is 8.42 Å². The summed E-state index contributed by atoms with van der Waals surface area (Å²) < 4.78 is 73.0. The minimum Gasteiger partial charge on any atom is -0.481 e. The van der Waals surface area contributed by atoms with Crippen LogP contribution in [0.25, 0.3) is 22.4 Å². The van der Waals surface area contributed by atoms with Crippen LogP contribution in [-0.2, 0) is 21.2 Å². The van der Waals surface area contributed by atoms with Crippen LogP contribution in [0, 0.1) is 5.41 Å². The van der Waals surface area contributed by atoms with E-state index in [0.717, 1.165) is 36.8 Å². The number of nitrogens with zero attached hydrogens (tertiary/aromatic N) is 3. The SMILES string of the molecule is CC(C)(CN1CCCCCCc2ccccc2-c2nc(ccc2-c2cccc(OC(F)(F)F)c2)NS(=O)(=O)c2cccc1n2)C(=O)O. The molecule has 0 saturated carbocycles. The Morgan fingerprint density at radius 3 is 2.43 bits per heavy atom. The fraction of sp³-hybridized carbons (Fsp3) is 0.324. The number of pyridine rings is 2. The summed E-state index contributed by atoms with van der Waals surface area (Å²) >= 11 is 0. The lowest BCUT2D eigenvalue weighted by Gasteiger charge is -2.31. The van der Waals surface area contributed by atoms with Crippen molar-refractivity contribution in [1.29, 1.82) is 0 Å². The Kier molecular flexibility index (Phi) is 9.76. The first-order valence-electron chi connectivity index (χ1n) is 15.2. The van der Waals surface area contributed by atoms with Gasteiger partial charge in [-0.25, -0.2) is 9.97 Å². The molecule has 0 saturated heterocycles. The van der Waals surface area contributed by atoms with Gasteiger partial charge in [0.15, 0.2) is 5.03 Å². The number of benzene rings is 2. The number of fused-ring (bicyclic) bond motifs is 6. The van der Waals surface area contributed by atoms with E-state index in [-0.39, 0.29) is 17.4 Å². The van der Waals surface area contributed by atoms with E-state index >= 15 is 0 Å². The molecule has 0 unspecified atom stereocenters. The highest BCUT2D eigenvalue weighted by Crippen LogP contribution is 2.37. The van der Waals surface area contributed by atoms with E-state index in [0.29, 0.717) is 35.6 Å². The highest BCUT2D eigenvalue weighted by molar-refractivity contribution is 7.92. The van der Waals surface area contributed by atoms with Gasteiger partial charge in [0.25, 0.3) is 10.0 Å². The maximum atomic E-state index is 13.6. The third-order valence-corrected chi connectivity index (χ3v) is 9.14. The number of sulfonamides is 1. The zero-order valence-electron chi connectivity index (χ0n) is 25.9. The third kappa shape index (κ3) is 8.39. The maximum absolute atomic E-state index is 13.6. The van der Waals surface area contributed by atoms with Crippen LogP contribution in [0.4, 0.5) is 24.8 Å². The molecule has 0 radical (unpaired) electrons. The molecule has 2 aromatic heterocycles. The van der Waals surface area contributed by atoms with Crippen molar-refractivity contribution >= 4 is 27.6 Å². The molecule has 0 fully saturated rings. The fourth-order valence-electron chi connectivity index (χ4n) is 5.50. The molecule has 248 valence electrons. The van der Waals surface area contributed by atoms with Crippen LogP contribution in [0.15, 0.2) is 83.9 Å². The molecular formula is C34H35F3N4O5S. The van der Waals surface area contributed by atoms with Crippen LogP contribution in [0.3, 0.4) is 0 Å². The Labute approximate surface area is 271 Å². The molecule has 13 heteroatoms. The van der Waals surface area contributed by atoms with Gasteiger partial charge in [0, 0.05) is 24.2 Å². The molecule has 0 spiro atoms. The number of anilines is 2. The number of hydrogen-bond acceptors (Lipinski definition) is 7. The maximum Gasteiger partial charge on any atom is 0.573 e. The summed E-state index contributed by atoms with van der Waals surface area (Å²) in [7, 11) is -4.27. The number of aryl methyl sites for hydroxylation is 1. The Morgan fingerprint density at radius 1 is 0.915 bits per heavy atom. The lowest BCUT2D eigenvalue weighted by Crippen LogP contribution is -2.40. The van der Waals surface area contributed by atoms with E-state index < -0.39 is 33.5 Å². The molecule has 2 N–H and O–H groups in total. The molecule has 47 heavy (non-hydrogen) atoms. The van der Waals surface area contributed by atoms with Crippen LogP contribution in [0.1, 0.15) is 45.1 Å². The van der Waals surface area contributed by atoms with Crippen molar-refractivity contribution in [3.8, 4) is 28.1 Å². The van der Waals surface area contributed by atoms with Crippen molar-refractivity contribution in [2.24, 2.45) is 5.41 Å². The van der Waals surface area contributed by atoms with Gasteiger partial charge in [0.05, 0.1) is 11.1 Å². The normalized spacial score (nSPS) is 15.6. The molecule has 0 atom stereocenters. The number of nitrogens with one attached hydrogen (secondary N) is 1. The average molecular weight is 669 g/mol. The van der Waals surface area contributed by atoms with Crippen molar-refractivity contribution in [2.75, 3.05) is 22.7 Å². The lowest BCUT2D eigenvalue weighted by atomic mass is 9.92. The first-order valence-corrected chi connectivity index (χ1v) is 16.6. The van der Waals surface area contributed by atoms with E-state index in [1.54, 1.807) is 38.1 Å². The van der Waals surface area contributed by atoms with Gasteiger partial charge >= 0.3 is 12.3 Å². The Hall–Kier alpha value is -4.65. The predicted molar refractivity (Wildman–Crippen MR) is 173 cm³/mol. The van der Waals surface area contributed by atoms with Crippen LogP contribution in [0.5, 0.6) is 5.75 Å². The van der Waals surface area contributed by atoms with Crippen molar-refractivity contribution < 1.29 is 36.2 Å². The van der Waals surface area contributed by atoms with Gasteiger partial charge in [0.2, 0.25) is 0 Å². The largest absolute Gasteiger partial charge is 0.573 e. The van der Waals surface area contributed by atoms with Crippen molar-refractivity contribution in [2.45, 2.75) is 57.3 Å². The van der Waals surface area contributed by atoms with E-state index in [1.165, 1.54) is 30.3 Å². The Morgan fingerprint density at radius 2 is 1.66 bits per heavy atom. The van der Waals surface area contributed by atoms with Crippen LogP contribution < -0.4 is 14.4 Å². The number of halogens is 3. The van der Waals surface area contributed by atoms with E-state index in [4.69, 9.17) is 4.98 Å². The van der Waals surface area contributed by atoms with Crippen molar-refractivity contribution in [3.63, 3.8) is 0 Å². The van der Waals surface area contributed by atoms with Crippen LogP contribution in [-0.4, -0.2) is 48.9 Å². The molecule has 1 aliphatic heterocycles. The van der Waals surface area contributed by atoms with Gasteiger partial charge in [-0.15, -0.1) is 13.2 Å². The van der Waals surface area contributed by atoms with Gasteiger partial charge < -0.3 is 14.7 Å². The molecule has 1 aliphatic rings. The summed E-state index contributed by atoms with van der Waals surface area (Å²) in [6.45, 7) is 3.84. The minimum atomic E-state index is -4.87. The highest BCUT2D eigenvalue weighted by atomic mass is 32.2. The number of carbonyl (C=O) groups is 1. The first-order chi connectivity index (χ1) is 22.2. The van der Waals surface area contributed by atoms with E-state index in [1.807, 2.05) is 29.2 Å². The quantitative estimate of drug-likeness (QED) is 0.224. The molecule has 3 heterocycles. The molecule has 5 rings (SSSR count). The average Bonchev–Trinajstić information content (AvgIpc) is 3.01. The zero-order chi connectivity index (χ0) is 33.8. The Balaban J connectivity index is 1.60. The number of alkyl halides is 3. The summed E-state index contributed by atoms with van der Waals surface area (Å²) in [5.41, 5.74) is 1.84. The monoisotopic (exact) mass is 668 g/mol. The summed E-state index contributed by atoms with van der Waals surface area (Å²) in [4.78, 5) is 22.9. The standard InChI is InChI=1S/C34H35F3N4O5S/c1-33(2,32(42)43)22-41-20-8-4-3-5-11-23-12-6-7-15-26(23)31-27(24-13-9-14-25(21-24)46-34(35,36)37)18-19-28(38-31)40-47(44,45)30-17-10-16-29(41)39-30/h6-7,9-10,12-19,21H,3-5,8,11,20,22H2,1-2H3,(H,38,40)(H,42,43). The van der Waals surface area contributed by atoms with Crippen LogP contribution >= 0.6 is 0 Å². The summed E-state index contributed by atoms with van der Waals surface area (Å²) in [5.74, 6) is -1.04. The number of hydrogen-bond donors (Lipinski definition) is 2. The third-order valence-electron chi connectivity index (χ3n) is 7.88. The number of rotatable bonds is 5. The summed E-state index contributed by atoms with van der Waals surface area (Å²) in [5, 5.41) is 9.50. The molecule has 9 nitrogen and oxygen atoms in total. The van der Waals surface area contributed by atoms with Gasteiger partial charge in [-0.05, 0) is 80.6 Å². The number of ether oxygens (including phenoxy) is 1. The molecule has 4 bridgehead atoms. The molecular weight excluding hydrogens is 633 g/mol. The van der Waals surface area contributed by atoms with Gasteiger partial charge in [-0.1, -0.05) is 55.3 Å². The second kappa shape index (κ2) is 13.6. The highest BCUT2D eigenvalue weighted by Gasteiger charge is 2.32. The Bertz CT molecular complexity index is 1860. The number of aromatic nitrogens is 2. The zero-order valence-corrected chi connectivity index (χ0v) is 26.7. The van der Waals surface area contributed by atoms with E-state index in [2.05, 4.69) is 14.4 Å². The lowest BCUT2D eigenvalue weighted by molar-refractivity contribution is -0.274. The van der Waals surface area contributed by atoms with Gasteiger partial charge in [0.1, 0.15) is 17.4 Å². The predicted octanol–water partition coefficient (Wildman–Crippen LogP) is 7.54. The molecule has 0 aliphatic carbocycles. The summed E-state index contributed by atoms with van der Waals surface area (Å²) in [6, 6.07) is 20.7. The first kappa shape index (κ1) is 33.7. The number of aliphatic carboxylic acids is 1. The second-order valence-corrected chi connectivity index (χ2v) is 13.7. The summed E-state index contributed by atoms with van der Waals surface area (Å²) in [6.07, 6.45) is -0.895. The molecule has 4 aromatic rings. The van der Waals surface area contributed by atoms with Crippen molar-refractivity contribution in [1.82, 2.24) is 9.97 Å².